The number of carbonyl (C=O) groups excluding carboxylic acids is 1. The smallest absolute Gasteiger partial charge is 0.164 e. The number of thiophene rings is 2. The molecule has 0 aliphatic carbocycles. The summed E-state index contributed by atoms with van der Waals surface area (Å²) in [6.07, 6.45) is 9.60. The molecule has 8 heteroatoms. The number of allylic oxidation sites excluding steroid dienone is 4. The van der Waals surface area contributed by atoms with Gasteiger partial charge in [-0.05, 0) is 90.1 Å². The van der Waals surface area contributed by atoms with Gasteiger partial charge in [-0.25, -0.2) is 4.98 Å². The molecule has 3 aromatic heterocycles. The second kappa shape index (κ2) is 18.0. The van der Waals surface area contributed by atoms with Gasteiger partial charge in [-0.1, -0.05) is 87.3 Å². The Morgan fingerprint density at radius 2 is 1.62 bits per heavy atom. The van der Waals surface area contributed by atoms with E-state index in [-0.39, 0.29) is 47.9 Å². The van der Waals surface area contributed by atoms with E-state index in [0.717, 1.165) is 80.6 Å². The number of aliphatic hydroxyl groups is 1. The summed E-state index contributed by atoms with van der Waals surface area (Å²) in [4.78, 5) is 22.5. The van der Waals surface area contributed by atoms with Gasteiger partial charge in [0.2, 0.25) is 0 Å². The Morgan fingerprint density at radius 1 is 0.962 bits per heavy atom. The van der Waals surface area contributed by atoms with Crippen LogP contribution in [0, 0.1) is 22.8 Å². The minimum atomic E-state index is -0.337. The quantitative estimate of drug-likeness (QED) is 0.0767. The van der Waals surface area contributed by atoms with Crippen LogP contribution in [0.5, 0.6) is 5.75 Å². The van der Waals surface area contributed by atoms with Crippen LogP contribution in [-0.2, 0) is 30.3 Å². The van der Waals surface area contributed by atoms with Gasteiger partial charge in [0, 0.05) is 52.8 Å². The summed E-state index contributed by atoms with van der Waals surface area (Å²) < 4.78 is 8.56. The topological polar surface area (TPSA) is 72.3 Å². The SMILES string of the molecule is C/C(=C\CC(C)C)Oc1ccc2c(c1)sc1ncnc(-c3[c-]c4ccsc4c(C(C)(C)C)c3)c12.CCC(C)(CC)C(=O)/C=C(\O)C(C)(CC)CC.[Ir]. The number of aliphatic hydroxyl groups excluding tert-OH is 1. The van der Waals surface area contributed by atoms with Crippen LogP contribution in [0.1, 0.15) is 121 Å². The van der Waals surface area contributed by atoms with E-state index < -0.39 is 0 Å². The molecule has 0 fully saturated rings. The number of benzene rings is 2. The zero-order valence-corrected chi connectivity index (χ0v) is 37.1. The van der Waals surface area contributed by atoms with Crippen LogP contribution in [0.4, 0.5) is 0 Å². The van der Waals surface area contributed by atoms with Crippen molar-refractivity contribution < 1.29 is 34.7 Å². The van der Waals surface area contributed by atoms with Gasteiger partial charge >= 0.3 is 0 Å². The molecular formula is C44H57IrN2O3S2-. The maximum atomic E-state index is 12.2. The Balaban J connectivity index is 0.000000347. The van der Waals surface area contributed by atoms with Crippen LogP contribution in [0.2, 0.25) is 0 Å². The molecule has 283 valence electrons. The van der Waals surface area contributed by atoms with Gasteiger partial charge in [-0.2, -0.15) is 11.3 Å². The van der Waals surface area contributed by atoms with Crippen LogP contribution in [0.25, 0.3) is 41.6 Å². The molecule has 0 atom stereocenters. The van der Waals surface area contributed by atoms with Crippen LogP contribution in [-0.4, -0.2) is 20.9 Å². The maximum absolute atomic E-state index is 12.2. The van der Waals surface area contributed by atoms with Crippen LogP contribution >= 0.6 is 22.7 Å². The zero-order valence-electron chi connectivity index (χ0n) is 33.1. The number of carbonyl (C=O) groups is 1. The van der Waals surface area contributed by atoms with Crippen molar-refractivity contribution in [3.63, 3.8) is 0 Å². The molecule has 0 amide bonds. The van der Waals surface area contributed by atoms with Gasteiger partial charge < -0.3 is 9.84 Å². The molecule has 0 saturated heterocycles. The maximum Gasteiger partial charge on any atom is 0.164 e. The van der Waals surface area contributed by atoms with Crippen molar-refractivity contribution in [2.45, 2.75) is 121 Å². The van der Waals surface area contributed by atoms with E-state index in [9.17, 15) is 9.90 Å². The molecule has 0 aliphatic heterocycles. The average molecular weight is 918 g/mol. The van der Waals surface area contributed by atoms with Crippen molar-refractivity contribution in [1.29, 1.82) is 0 Å². The standard InChI is InChI=1S/C29H29N2OS2.C15H28O2.Ir/c1-17(2)7-8-18(3)32-21-9-10-22-24(15-21)34-28-25(22)26(30-16-31-28)20-13-19-11-12-33-27(19)23(14-20)29(4,5)6;1-7-14(5,8-2)12(16)11-13(17)15(6,9-3)10-4;/h8-12,14-17H,7H2,1-6H3;11,16H,7-10H2,1-6H3;/q-1;;/b18-8+;12-11-;. The Bertz CT molecular complexity index is 2040. The molecule has 0 saturated carbocycles. The van der Waals surface area contributed by atoms with Crippen molar-refractivity contribution in [3.05, 3.63) is 77.3 Å². The van der Waals surface area contributed by atoms with Crippen molar-refractivity contribution in [3.8, 4) is 17.0 Å². The van der Waals surface area contributed by atoms with Gasteiger partial charge in [0.1, 0.15) is 22.7 Å². The predicted octanol–water partition coefficient (Wildman–Crippen LogP) is 13.8. The molecule has 2 aromatic carbocycles. The van der Waals surface area contributed by atoms with Gasteiger partial charge in [0.15, 0.2) is 5.78 Å². The van der Waals surface area contributed by atoms with Crippen molar-refractivity contribution in [2.24, 2.45) is 16.7 Å². The van der Waals surface area contributed by atoms with Crippen LogP contribution in [0.3, 0.4) is 0 Å². The molecule has 1 radical (unpaired) electrons. The van der Waals surface area contributed by atoms with E-state index in [1.54, 1.807) is 29.0 Å². The third-order valence-corrected chi connectivity index (χ3v) is 12.5. The molecular weight excluding hydrogens is 861 g/mol. The molecule has 0 aliphatic rings. The van der Waals surface area contributed by atoms with Crippen LogP contribution in [0.15, 0.2) is 65.7 Å². The third kappa shape index (κ3) is 9.79. The molecule has 5 nitrogen and oxygen atoms in total. The van der Waals surface area contributed by atoms with E-state index in [1.807, 2.05) is 54.5 Å². The molecule has 5 rings (SSSR count). The molecule has 0 spiro atoms. The van der Waals surface area contributed by atoms with Crippen molar-refractivity contribution >= 4 is 58.8 Å². The molecule has 3 heterocycles. The normalized spacial score (nSPS) is 13.0. The van der Waals surface area contributed by atoms with E-state index in [0.29, 0.717) is 5.92 Å². The number of ether oxygens (including phenoxy) is 1. The third-order valence-electron chi connectivity index (χ3n) is 10.5. The largest absolute Gasteiger partial charge is 0.512 e. The van der Waals surface area contributed by atoms with E-state index in [4.69, 9.17) is 9.72 Å². The van der Waals surface area contributed by atoms with Gasteiger partial charge in [0.25, 0.3) is 0 Å². The first-order valence-electron chi connectivity index (χ1n) is 18.4. The first kappa shape index (κ1) is 43.5. The Hall–Kier alpha value is -2.90. The monoisotopic (exact) mass is 918 g/mol. The summed E-state index contributed by atoms with van der Waals surface area (Å²) in [5.74, 6) is 2.69. The van der Waals surface area contributed by atoms with Crippen molar-refractivity contribution in [2.75, 3.05) is 0 Å². The Labute approximate surface area is 333 Å². The van der Waals surface area contributed by atoms with Crippen molar-refractivity contribution in [1.82, 2.24) is 9.97 Å². The number of fused-ring (bicyclic) bond motifs is 4. The fraction of sp³-hybridized carbons (Fsp3) is 0.477. The summed E-state index contributed by atoms with van der Waals surface area (Å²) in [5, 5.41) is 15.7. The summed E-state index contributed by atoms with van der Waals surface area (Å²) in [6.45, 7) is 25.3. The number of nitrogens with zero attached hydrogens (tertiary/aromatic N) is 2. The Morgan fingerprint density at radius 3 is 2.21 bits per heavy atom. The summed E-state index contributed by atoms with van der Waals surface area (Å²) >= 11 is 3.47. The number of rotatable bonds is 12. The fourth-order valence-corrected chi connectivity index (χ4v) is 8.01. The molecule has 0 bridgehead atoms. The van der Waals surface area contributed by atoms with Gasteiger partial charge in [-0.15, -0.1) is 34.9 Å². The summed E-state index contributed by atoms with van der Waals surface area (Å²) in [7, 11) is 0. The molecule has 5 aromatic rings. The second-order valence-electron chi connectivity index (χ2n) is 15.6. The molecule has 1 N–H and O–H groups in total. The first-order chi connectivity index (χ1) is 24.0. The van der Waals surface area contributed by atoms with Gasteiger partial charge in [0.05, 0.1) is 5.76 Å². The Kier molecular flexibility index (Phi) is 15.0. The fourth-order valence-electron chi connectivity index (χ4n) is 5.86. The van der Waals surface area contributed by atoms with Crippen LogP contribution < -0.4 is 4.74 Å². The second-order valence-corrected chi connectivity index (χ2v) is 17.6. The summed E-state index contributed by atoms with van der Waals surface area (Å²) in [5.41, 5.74) is 2.72. The number of hydrogen-bond donors (Lipinski definition) is 1. The zero-order chi connectivity index (χ0) is 37.7. The minimum Gasteiger partial charge on any atom is -0.512 e. The molecule has 0 unspecified atom stereocenters. The summed E-state index contributed by atoms with van der Waals surface area (Å²) in [6, 6.07) is 14.4. The van der Waals surface area contributed by atoms with E-state index in [1.165, 1.54) is 16.3 Å². The van der Waals surface area contributed by atoms with Gasteiger partial charge in [-0.3, -0.25) is 9.78 Å². The van der Waals surface area contributed by atoms with E-state index >= 15 is 0 Å². The average Bonchev–Trinajstić information content (AvgIpc) is 3.73. The number of hydrogen-bond acceptors (Lipinski definition) is 7. The minimum absolute atomic E-state index is 0. The predicted molar refractivity (Wildman–Crippen MR) is 220 cm³/mol. The molecule has 52 heavy (non-hydrogen) atoms. The first-order valence-corrected chi connectivity index (χ1v) is 20.1. The van der Waals surface area contributed by atoms with E-state index in [2.05, 4.69) is 81.4 Å². The number of aromatic nitrogens is 2. The number of ketones is 1.